The van der Waals surface area contributed by atoms with Gasteiger partial charge in [-0.1, -0.05) is 18.5 Å². The van der Waals surface area contributed by atoms with E-state index in [0.29, 0.717) is 12.5 Å². The predicted molar refractivity (Wildman–Crippen MR) is 77.6 cm³/mol. The Labute approximate surface area is 120 Å². The highest BCUT2D eigenvalue weighted by Crippen LogP contribution is 2.22. The molecule has 2 saturated heterocycles. The van der Waals surface area contributed by atoms with Crippen LogP contribution in [0.15, 0.2) is 5.16 Å². The van der Waals surface area contributed by atoms with Crippen LogP contribution in [0.1, 0.15) is 39.0 Å². The van der Waals surface area contributed by atoms with Gasteiger partial charge in [0.2, 0.25) is 5.91 Å². The van der Waals surface area contributed by atoms with Crippen molar-refractivity contribution in [2.45, 2.75) is 45.1 Å². The maximum absolute atomic E-state index is 12.5. The summed E-state index contributed by atoms with van der Waals surface area (Å²) in [5.41, 5.74) is 5.67. The number of nitrogens with zero attached hydrogens (tertiary/aromatic N) is 3. The lowest BCUT2D eigenvalue weighted by Crippen LogP contribution is -2.43. The molecule has 0 aromatic heterocycles. The van der Waals surface area contributed by atoms with Gasteiger partial charge in [0.1, 0.15) is 0 Å². The predicted octanol–water partition coefficient (Wildman–Crippen LogP) is 0.846. The molecule has 114 valence electrons. The van der Waals surface area contributed by atoms with Gasteiger partial charge in [0.25, 0.3) is 0 Å². The van der Waals surface area contributed by atoms with Crippen LogP contribution in [0.2, 0.25) is 0 Å². The molecular weight excluding hydrogens is 256 g/mol. The lowest BCUT2D eigenvalue weighted by Gasteiger charge is -2.25. The highest BCUT2D eigenvalue weighted by molar-refractivity contribution is 6.02. The van der Waals surface area contributed by atoms with Gasteiger partial charge in [0.05, 0.1) is 5.92 Å². The van der Waals surface area contributed by atoms with Crippen molar-refractivity contribution in [1.29, 1.82) is 0 Å². The van der Waals surface area contributed by atoms with Gasteiger partial charge < -0.3 is 15.8 Å². The van der Waals surface area contributed by atoms with E-state index in [-0.39, 0.29) is 11.7 Å². The Balaban J connectivity index is 1.94. The quantitative estimate of drug-likeness (QED) is 0.339. The summed E-state index contributed by atoms with van der Waals surface area (Å²) < 4.78 is 0. The minimum absolute atomic E-state index is 0.0175. The fourth-order valence-corrected chi connectivity index (χ4v) is 3.32. The van der Waals surface area contributed by atoms with Crippen molar-refractivity contribution in [3.8, 4) is 0 Å². The first-order valence-corrected chi connectivity index (χ1v) is 7.67. The third-order valence-corrected chi connectivity index (χ3v) is 4.48. The maximum atomic E-state index is 12.5. The summed E-state index contributed by atoms with van der Waals surface area (Å²) in [6.07, 6.45) is 5.07. The summed E-state index contributed by atoms with van der Waals surface area (Å²) in [5, 5.41) is 11.9. The van der Waals surface area contributed by atoms with Crippen molar-refractivity contribution in [1.82, 2.24) is 9.80 Å². The number of amides is 1. The van der Waals surface area contributed by atoms with Gasteiger partial charge in [-0.25, -0.2) is 0 Å². The smallest absolute Gasteiger partial charge is 0.233 e. The lowest BCUT2D eigenvalue weighted by molar-refractivity contribution is -0.132. The second-order valence-corrected chi connectivity index (χ2v) is 5.84. The number of nitrogens with two attached hydrogens (primary N) is 1. The summed E-state index contributed by atoms with van der Waals surface area (Å²) in [7, 11) is 0. The normalized spacial score (nSPS) is 26.1. The third kappa shape index (κ3) is 3.23. The largest absolute Gasteiger partial charge is 0.409 e. The van der Waals surface area contributed by atoms with Gasteiger partial charge in [-0.2, -0.15) is 0 Å². The zero-order chi connectivity index (χ0) is 14.5. The van der Waals surface area contributed by atoms with E-state index in [4.69, 9.17) is 10.9 Å². The minimum Gasteiger partial charge on any atom is -0.409 e. The van der Waals surface area contributed by atoms with Crippen LogP contribution in [0.5, 0.6) is 0 Å². The molecule has 2 unspecified atom stereocenters. The molecule has 2 atom stereocenters. The molecule has 3 N–H and O–H groups in total. The van der Waals surface area contributed by atoms with Crippen LogP contribution in [-0.2, 0) is 4.79 Å². The van der Waals surface area contributed by atoms with Gasteiger partial charge in [-0.15, -0.1) is 0 Å². The average molecular weight is 282 g/mol. The topological polar surface area (TPSA) is 82.2 Å². The van der Waals surface area contributed by atoms with E-state index in [0.717, 1.165) is 39.0 Å². The first-order chi connectivity index (χ1) is 9.67. The Morgan fingerprint density at radius 2 is 2.10 bits per heavy atom. The number of carbonyl (C=O) groups is 1. The van der Waals surface area contributed by atoms with Gasteiger partial charge in [0.15, 0.2) is 5.84 Å². The highest BCUT2D eigenvalue weighted by Gasteiger charge is 2.35. The molecule has 0 aromatic carbocycles. The molecule has 1 amide bonds. The molecule has 20 heavy (non-hydrogen) atoms. The fraction of sp³-hybridized carbons (Fsp3) is 0.857. The van der Waals surface area contributed by atoms with Crippen molar-refractivity contribution in [2.75, 3.05) is 26.2 Å². The Bertz CT molecular complexity index is 366. The SMILES string of the molecule is CCCC(C(=O)N1CCC(N2CCCC2)C1)C(N)=NO. The van der Waals surface area contributed by atoms with Crippen molar-refractivity contribution < 1.29 is 10.0 Å². The molecule has 6 heteroatoms. The van der Waals surface area contributed by atoms with Gasteiger partial charge in [0, 0.05) is 19.1 Å². The minimum atomic E-state index is -0.470. The molecule has 0 aromatic rings. The summed E-state index contributed by atoms with van der Waals surface area (Å²) in [6, 6.07) is 0.496. The van der Waals surface area contributed by atoms with Crippen molar-refractivity contribution in [2.24, 2.45) is 16.8 Å². The van der Waals surface area contributed by atoms with Crippen molar-refractivity contribution in [3.63, 3.8) is 0 Å². The van der Waals surface area contributed by atoms with E-state index in [1.165, 1.54) is 12.8 Å². The Hall–Kier alpha value is -1.30. The Morgan fingerprint density at radius 1 is 1.40 bits per heavy atom. The van der Waals surface area contributed by atoms with Gasteiger partial charge in [-0.3, -0.25) is 9.69 Å². The fourth-order valence-electron chi connectivity index (χ4n) is 3.32. The molecule has 2 rings (SSSR count). The molecule has 2 fully saturated rings. The number of likely N-dealkylation sites (tertiary alicyclic amines) is 2. The van der Waals surface area contributed by atoms with E-state index in [1.807, 2.05) is 11.8 Å². The summed E-state index contributed by atoms with van der Waals surface area (Å²) in [6.45, 7) is 5.90. The maximum Gasteiger partial charge on any atom is 0.233 e. The number of oxime groups is 1. The molecule has 0 radical (unpaired) electrons. The van der Waals surface area contributed by atoms with E-state index in [9.17, 15) is 4.79 Å². The number of carbonyl (C=O) groups excluding carboxylic acids is 1. The van der Waals surface area contributed by atoms with Crippen LogP contribution < -0.4 is 5.73 Å². The Kier molecular flexibility index (Phi) is 5.23. The first kappa shape index (κ1) is 15.1. The highest BCUT2D eigenvalue weighted by atomic mass is 16.4. The summed E-state index contributed by atoms with van der Waals surface area (Å²) >= 11 is 0. The summed E-state index contributed by atoms with van der Waals surface area (Å²) in [5.74, 6) is -0.410. The first-order valence-electron chi connectivity index (χ1n) is 7.67. The second-order valence-electron chi connectivity index (χ2n) is 5.84. The monoisotopic (exact) mass is 282 g/mol. The number of amidine groups is 1. The zero-order valence-electron chi connectivity index (χ0n) is 12.3. The van der Waals surface area contributed by atoms with Gasteiger partial charge >= 0.3 is 0 Å². The van der Waals surface area contributed by atoms with Crippen molar-refractivity contribution >= 4 is 11.7 Å². The summed E-state index contributed by atoms with van der Waals surface area (Å²) in [4.78, 5) is 16.9. The number of hydrogen-bond acceptors (Lipinski definition) is 4. The standard InChI is InChI=1S/C14H26N4O2/c1-2-5-12(13(15)16-20)14(19)18-9-6-11(10-18)17-7-3-4-8-17/h11-12,20H,2-10H2,1H3,(H2,15,16). The average Bonchev–Trinajstić information content (AvgIpc) is 3.12. The number of hydrogen-bond donors (Lipinski definition) is 2. The van der Waals surface area contributed by atoms with Crippen LogP contribution in [0, 0.1) is 5.92 Å². The molecule has 0 aliphatic carbocycles. The van der Waals surface area contributed by atoms with Crippen LogP contribution in [0.25, 0.3) is 0 Å². The van der Waals surface area contributed by atoms with Crippen LogP contribution in [-0.4, -0.2) is 59.0 Å². The second kappa shape index (κ2) is 6.92. The molecule has 0 saturated carbocycles. The van der Waals surface area contributed by atoms with E-state index < -0.39 is 5.92 Å². The molecule has 2 aliphatic heterocycles. The van der Waals surface area contributed by atoms with E-state index in [1.54, 1.807) is 0 Å². The lowest BCUT2D eigenvalue weighted by atomic mass is 10.0. The molecule has 2 aliphatic rings. The van der Waals surface area contributed by atoms with Crippen LogP contribution >= 0.6 is 0 Å². The van der Waals surface area contributed by atoms with E-state index in [2.05, 4.69) is 10.1 Å². The van der Waals surface area contributed by atoms with Gasteiger partial charge in [-0.05, 0) is 38.8 Å². The molecular formula is C14H26N4O2. The third-order valence-electron chi connectivity index (χ3n) is 4.48. The zero-order valence-corrected chi connectivity index (χ0v) is 12.3. The molecule has 0 bridgehead atoms. The Morgan fingerprint density at radius 3 is 2.70 bits per heavy atom. The molecule has 6 nitrogen and oxygen atoms in total. The molecule has 0 spiro atoms. The van der Waals surface area contributed by atoms with Crippen LogP contribution in [0.3, 0.4) is 0 Å². The van der Waals surface area contributed by atoms with E-state index >= 15 is 0 Å². The molecule has 2 heterocycles. The number of rotatable bonds is 5. The van der Waals surface area contributed by atoms with Crippen molar-refractivity contribution in [3.05, 3.63) is 0 Å². The van der Waals surface area contributed by atoms with Crippen LogP contribution in [0.4, 0.5) is 0 Å².